The molecule has 0 radical (unpaired) electrons. The molecule has 1 atom stereocenters. The Labute approximate surface area is 162 Å². The first-order valence-electron chi connectivity index (χ1n) is 8.93. The predicted octanol–water partition coefficient (Wildman–Crippen LogP) is 3.79. The maximum atomic E-state index is 15.2. The van der Waals surface area contributed by atoms with E-state index in [1.165, 1.54) is 13.0 Å². The maximum absolute atomic E-state index is 15.2. The number of hydrogen-bond donors (Lipinski definition) is 1. The third-order valence-corrected chi connectivity index (χ3v) is 4.24. The molecule has 2 rings (SSSR count). The highest BCUT2D eigenvalue weighted by atomic mass is 19.1. The Hall–Kier alpha value is -3.08. The average Bonchev–Trinajstić information content (AvgIpc) is 2.64. The highest BCUT2D eigenvalue weighted by Gasteiger charge is 2.40. The Morgan fingerprint density at radius 1 is 1.36 bits per heavy atom. The van der Waals surface area contributed by atoms with Gasteiger partial charge < -0.3 is 19.9 Å². The zero-order chi connectivity index (χ0) is 20.8. The normalized spacial score (nSPS) is 16.5. The van der Waals surface area contributed by atoms with Crippen molar-refractivity contribution in [2.24, 2.45) is 5.73 Å². The zero-order valence-corrected chi connectivity index (χ0v) is 16.0. The first-order valence-corrected chi connectivity index (χ1v) is 8.93. The average molecular weight is 392 g/mol. The van der Waals surface area contributed by atoms with Gasteiger partial charge in [-0.05, 0) is 32.4 Å². The number of nitrogens with two attached hydrogens (primary N) is 1. The standard InChI is InChI=1S/C20H22F2N2O4/c1-4-6-9-27-14-8-7-13(21)17(18(14)22)16-12(10-23)19(24)28-11(3)15(16)20(25)26-5-2/h7-8,16H,4-6,9,24H2,1-3H3. The number of nitriles is 1. The molecule has 0 bridgehead atoms. The van der Waals surface area contributed by atoms with Crippen molar-refractivity contribution < 1.29 is 27.8 Å². The van der Waals surface area contributed by atoms with E-state index in [0.717, 1.165) is 12.5 Å². The quantitative estimate of drug-likeness (QED) is 0.560. The number of rotatable bonds is 7. The first-order chi connectivity index (χ1) is 13.4. The van der Waals surface area contributed by atoms with Crippen LogP contribution in [-0.4, -0.2) is 19.2 Å². The van der Waals surface area contributed by atoms with Gasteiger partial charge in [0.05, 0.1) is 24.7 Å². The molecule has 1 aliphatic rings. The Kier molecular flexibility index (Phi) is 6.99. The largest absolute Gasteiger partial charge is 0.491 e. The molecule has 1 aromatic carbocycles. The van der Waals surface area contributed by atoms with Crippen molar-refractivity contribution in [3.63, 3.8) is 0 Å². The van der Waals surface area contributed by atoms with Gasteiger partial charge in [0, 0.05) is 5.56 Å². The summed E-state index contributed by atoms with van der Waals surface area (Å²) in [6, 6.07) is 3.99. The number of carbonyl (C=O) groups is 1. The van der Waals surface area contributed by atoms with Gasteiger partial charge in [-0.25, -0.2) is 13.6 Å². The number of carbonyl (C=O) groups excluding carboxylic acids is 1. The van der Waals surface area contributed by atoms with Gasteiger partial charge in [-0.15, -0.1) is 0 Å². The van der Waals surface area contributed by atoms with Gasteiger partial charge in [-0.3, -0.25) is 0 Å². The molecule has 0 spiro atoms. The molecule has 0 aromatic heterocycles. The molecule has 0 aliphatic carbocycles. The van der Waals surface area contributed by atoms with Crippen LogP contribution in [0.3, 0.4) is 0 Å². The van der Waals surface area contributed by atoms with E-state index in [1.54, 1.807) is 13.0 Å². The van der Waals surface area contributed by atoms with Crippen LogP contribution < -0.4 is 10.5 Å². The summed E-state index contributed by atoms with van der Waals surface area (Å²) in [7, 11) is 0. The molecule has 6 nitrogen and oxygen atoms in total. The van der Waals surface area contributed by atoms with Gasteiger partial charge in [0.15, 0.2) is 11.6 Å². The van der Waals surface area contributed by atoms with Crippen molar-refractivity contribution >= 4 is 5.97 Å². The molecule has 8 heteroatoms. The van der Waals surface area contributed by atoms with E-state index in [9.17, 15) is 14.4 Å². The number of ether oxygens (including phenoxy) is 3. The third kappa shape index (κ3) is 4.09. The Bertz CT molecular complexity index is 872. The molecule has 0 saturated carbocycles. The van der Waals surface area contributed by atoms with Crippen LogP contribution in [0.2, 0.25) is 0 Å². The van der Waals surface area contributed by atoms with E-state index in [1.807, 2.05) is 6.92 Å². The van der Waals surface area contributed by atoms with E-state index in [-0.39, 0.29) is 41.8 Å². The van der Waals surface area contributed by atoms with Crippen molar-refractivity contribution in [3.05, 3.63) is 52.1 Å². The predicted molar refractivity (Wildman–Crippen MR) is 96.7 cm³/mol. The fourth-order valence-electron chi connectivity index (χ4n) is 2.90. The lowest BCUT2D eigenvalue weighted by molar-refractivity contribution is -0.139. The Morgan fingerprint density at radius 2 is 2.07 bits per heavy atom. The molecule has 1 aromatic rings. The van der Waals surface area contributed by atoms with Gasteiger partial charge >= 0.3 is 5.97 Å². The fraction of sp³-hybridized carbons (Fsp3) is 0.400. The number of benzene rings is 1. The van der Waals surface area contributed by atoms with Gasteiger partial charge in [-0.2, -0.15) is 5.26 Å². The van der Waals surface area contributed by atoms with Crippen LogP contribution in [0, 0.1) is 23.0 Å². The minimum absolute atomic E-state index is 0.0102. The highest BCUT2D eigenvalue weighted by molar-refractivity contribution is 5.92. The number of halogens is 2. The Balaban J connectivity index is 2.65. The van der Waals surface area contributed by atoms with Crippen LogP contribution in [0.4, 0.5) is 8.78 Å². The molecule has 28 heavy (non-hydrogen) atoms. The second kappa shape index (κ2) is 9.22. The van der Waals surface area contributed by atoms with Crippen molar-refractivity contribution in [2.45, 2.75) is 39.5 Å². The SMILES string of the molecule is CCCCOc1ccc(F)c(C2C(C#N)=C(N)OC(C)=C2C(=O)OCC)c1F. The van der Waals surface area contributed by atoms with Crippen molar-refractivity contribution in [3.8, 4) is 11.8 Å². The van der Waals surface area contributed by atoms with Crippen molar-refractivity contribution in [1.82, 2.24) is 0 Å². The number of esters is 1. The molecule has 2 N–H and O–H groups in total. The van der Waals surface area contributed by atoms with E-state index in [0.29, 0.717) is 6.42 Å². The lowest BCUT2D eigenvalue weighted by atomic mass is 9.82. The van der Waals surface area contributed by atoms with Gasteiger partial charge in [0.2, 0.25) is 5.88 Å². The summed E-state index contributed by atoms with van der Waals surface area (Å²) in [6.07, 6.45) is 1.52. The highest BCUT2D eigenvalue weighted by Crippen LogP contribution is 2.43. The van der Waals surface area contributed by atoms with E-state index in [4.69, 9.17) is 19.9 Å². The lowest BCUT2D eigenvalue weighted by Crippen LogP contribution is -2.27. The second-order valence-corrected chi connectivity index (χ2v) is 6.09. The first kappa shape index (κ1) is 21.2. The molecule has 0 saturated heterocycles. The van der Waals surface area contributed by atoms with E-state index in [2.05, 4.69) is 0 Å². The smallest absolute Gasteiger partial charge is 0.338 e. The Morgan fingerprint density at radius 3 is 2.68 bits per heavy atom. The second-order valence-electron chi connectivity index (χ2n) is 6.09. The summed E-state index contributed by atoms with van der Waals surface area (Å²) in [5, 5.41) is 9.51. The van der Waals surface area contributed by atoms with Crippen LogP contribution in [0.5, 0.6) is 5.75 Å². The van der Waals surface area contributed by atoms with Gasteiger partial charge in [0.25, 0.3) is 0 Å². The van der Waals surface area contributed by atoms with Gasteiger partial charge in [-0.1, -0.05) is 13.3 Å². The molecule has 150 valence electrons. The van der Waals surface area contributed by atoms with Crippen LogP contribution >= 0.6 is 0 Å². The number of hydrogen-bond acceptors (Lipinski definition) is 6. The molecule has 0 fully saturated rings. The monoisotopic (exact) mass is 392 g/mol. The maximum Gasteiger partial charge on any atom is 0.338 e. The molecular weight excluding hydrogens is 370 g/mol. The summed E-state index contributed by atoms with van der Waals surface area (Å²) >= 11 is 0. The van der Waals surface area contributed by atoms with E-state index < -0.39 is 29.1 Å². The summed E-state index contributed by atoms with van der Waals surface area (Å²) in [5.41, 5.74) is 4.77. The summed E-state index contributed by atoms with van der Waals surface area (Å²) < 4.78 is 45.5. The lowest BCUT2D eigenvalue weighted by Gasteiger charge is -2.27. The number of allylic oxidation sites excluding steroid dienone is 2. The summed E-state index contributed by atoms with van der Waals surface area (Å²) in [6.45, 7) is 5.23. The third-order valence-electron chi connectivity index (χ3n) is 4.24. The summed E-state index contributed by atoms with van der Waals surface area (Å²) in [4.78, 5) is 12.5. The van der Waals surface area contributed by atoms with Gasteiger partial charge in [0.1, 0.15) is 23.2 Å². The molecule has 1 heterocycles. The topological polar surface area (TPSA) is 94.6 Å². The fourth-order valence-corrected chi connectivity index (χ4v) is 2.90. The number of nitrogens with zero attached hydrogens (tertiary/aromatic N) is 1. The number of unbranched alkanes of at least 4 members (excludes halogenated alkanes) is 1. The van der Waals surface area contributed by atoms with Crippen LogP contribution in [0.1, 0.15) is 45.1 Å². The minimum atomic E-state index is -1.41. The van der Waals surface area contributed by atoms with Crippen LogP contribution in [0.15, 0.2) is 34.9 Å². The van der Waals surface area contributed by atoms with Crippen LogP contribution in [-0.2, 0) is 14.3 Å². The molecule has 0 amide bonds. The minimum Gasteiger partial charge on any atom is -0.491 e. The van der Waals surface area contributed by atoms with Crippen molar-refractivity contribution in [1.29, 1.82) is 5.26 Å². The zero-order valence-electron chi connectivity index (χ0n) is 16.0. The van der Waals surface area contributed by atoms with Crippen LogP contribution in [0.25, 0.3) is 0 Å². The molecule has 1 unspecified atom stereocenters. The van der Waals surface area contributed by atoms with E-state index >= 15 is 4.39 Å². The molecular formula is C20H22F2N2O4. The molecule has 1 aliphatic heterocycles. The van der Waals surface area contributed by atoms with Crippen molar-refractivity contribution in [2.75, 3.05) is 13.2 Å². The summed E-state index contributed by atoms with van der Waals surface area (Å²) in [5.74, 6) is -4.69.